The van der Waals surface area contributed by atoms with Crippen LogP contribution in [0, 0.1) is 11.8 Å². The van der Waals surface area contributed by atoms with E-state index in [2.05, 4.69) is 0 Å². The van der Waals surface area contributed by atoms with Crippen LogP contribution in [0.25, 0.3) is 0 Å². The molecular formula is C25H31NO8S. The molecule has 6 atom stereocenters. The lowest BCUT2D eigenvalue weighted by Gasteiger charge is -2.51. The normalized spacial score (nSPS) is 31.4. The van der Waals surface area contributed by atoms with Gasteiger partial charge >= 0.3 is 0 Å². The zero-order valence-corrected chi connectivity index (χ0v) is 20.6. The van der Waals surface area contributed by atoms with Crippen molar-refractivity contribution in [1.29, 1.82) is 0 Å². The highest BCUT2D eigenvalue weighted by Gasteiger charge is 2.62. The molecule has 0 fully saturated rings. The van der Waals surface area contributed by atoms with Crippen LogP contribution >= 0.6 is 11.8 Å². The lowest BCUT2D eigenvalue weighted by molar-refractivity contribution is -0.147. The molecule has 3 aliphatic carbocycles. The maximum absolute atomic E-state index is 13.6. The number of benzene rings is 1. The highest BCUT2D eigenvalue weighted by molar-refractivity contribution is 7.99. The van der Waals surface area contributed by atoms with Gasteiger partial charge in [-0.1, -0.05) is 12.1 Å². The minimum atomic E-state index is -2.39. The third-order valence-corrected chi connectivity index (χ3v) is 8.79. The summed E-state index contributed by atoms with van der Waals surface area (Å²) in [6, 6.07) is 3.95. The molecule has 0 radical (unpaired) electrons. The molecule has 190 valence electrons. The fraction of sp³-hybridized carbons (Fsp3) is 0.520. The van der Waals surface area contributed by atoms with Gasteiger partial charge in [0.05, 0.1) is 24.3 Å². The number of aliphatic hydroxyl groups is 5. The van der Waals surface area contributed by atoms with Gasteiger partial charge in [-0.15, -0.1) is 0 Å². The second-order valence-corrected chi connectivity index (χ2v) is 10.9. The molecule has 0 aromatic heterocycles. The van der Waals surface area contributed by atoms with Gasteiger partial charge in [0.25, 0.3) is 0 Å². The van der Waals surface area contributed by atoms with E-state index in [0.29, 0.717) is 11.3 Å². The number of likely N-dealkylation sites (N-methyl/N-ethyl adjacent to an activating group) is 1. The first-order valence-electron chi connectivity index (χ1n) is 11.5. The summed E-state index contributed by atoms with van der Waals surface area (Å²) in [5.74, 6) is -3.98. The van der Waals surface area contributed by atoms with Crippen molar-refractivity contribution in [3.8, 4) is 5.75 Å². The van der Waals surface area contributed by atoms with Crippen LogP contribution in [0.5, 0.6) is 5.75 Å². The summed E-state index contributed by atoms with van der Waals surface area (Å²) in [5.41, 5.74) is -1.98. The van der Waals surface area contributed by atoms with Crippen LogP contribution in [0.2, 0.25) is 0 Å². The Kier molecular flexibility index (Phi) is 6.80. The van der Waals surface area contributed by atoms with Crippen molar-refractivity contribution >= 4 is 23.3 Å². The number of thioether (sulfide) groups is 1. The van der Waals surface area contributed by atoms with Crippen molar-refractivity contribution in [2.24, 2.45) is 11.8 Å². The van der Waals surface area contributed by atoms with Gasteiger partial charge in [0.2, 0.25) is 5.78 Å². The van der Waals surface area contributed by atoms with Gasteiger partial charge < -0.3 is 30.6 Å². The third kappa shape index (κ3) is 3.79. The van der Waals surface area contributed by atoms with Gasteiger partial charge in [-0.2, -0.15) is 11.8 Å². The van der Waals surface area contributed by atoms with Crippen LogP contribution in [0.1, 0.15) is 35.2 Å². The van der Waals surface area contributed by atoms with E-state index in [1.807, 2.05) is 0 Å². The SMILES string of the molecule is CC1=C(O)C(N(C)C)C2CC3C(=C(O)C2(O)C1=O)C(=O)c1c(O)cccc1C3CSCC(O)CO. The van der Waals surface area contributed by atoms with E-state index >= 15 is 0 Å². The molecule has 0 spiro atoms. The predicted octanol–water partition coefficient (Wildman–Crippen LogP) is 1.28. The van der Waals surface area contributed by atoms with Crippen molar-refractivity contribution < 1.29 is 40.2 Å². The molecule has 0 heterocycles. The molecule has 9 nitrogen and oxygen atoms in total. The number of phenols is 1. The number of ketones is 2. The number of carbonyl (C=O) groups excluding carboxylic acids is 2. The maximum Gasteiger partial charge on any atom is 0.201 e. The molecule has 0 saturated heterocycles. The summed E-state index contributed by atoms with van der Waals surface area (Å²) in [6.45, 7) is 0.984. The van der Waals surface area contributed by atoms with Crippen LogP contribution in [-0.2, 0) is 4.79 Å². The molecule has 0 aliphatic heterocycles. The van der Waals surface area contributed by atoms with Crippen molar-refractivity contribution in [3.63, 3.8) is 0 Å². The van der Waals surface area contributed by atoms with E-state index in [4.69, 9.17) is 5.11 Å². The average Bonchev–Trinajstić information content (AvgIpc) is 2.81. The molecule has 0 bridgehead atoms. The zero-order valence-electron chi connectivity index (χ0n) is 19.8. The van der Waals surface area contributed by atoms with Crippen molar-refractivity contribution in [2.45, 2.75) is 37.0 Å². The number of carbonyl (C=O) groups is 2. The molecule has 6 unspecified atom stereocenters. The minimum Gasteiger partial charge on any atom is -0.510 e. The quantitative estimate of drug-likeness (QED) is 0.333. The molecule has 3 aliphatic rings. The number of phenolic OH excluding ortho intramolecular Hbond substituents is 1. The van der Waals surface area contributed by atoms with E-state index in [0.717, 1.165) is 0 Å². The standard InChI is InChI=1S/C25H31NO8S/c1-11-21(30)20(26(2)3)16-7-14-15(10-35-9-12(28)8-27)13-5-4-6-17(29)18(13)22(31)19(14)24(33)25(16,34)23(11)32/h4-6,12,14-16,20,27-30,33-34H,7-10H2,1-3H3. The molecule has 10 heteroatoms. The Bertz CT molecular complexity index is 1130. The summed E-state index contributed by atoms with van der Waals surface area (Å²) >= 11 is 1.35. The smallest absolute Gasteiger partial charge is 0.201 e. The van der Waals surface area contributed by atoms with Crippen LogP contribution in [-0.4, -0.2) is 97.1 Å². The Labute approximate surface area is 207 Å². The number of Topliss-reactive ketones (excluding diaryl/α,β-unsaturated/α-hetero) is 2. The van der Waals surface area contributed by atoms with Crippen molar-refractivity contribution in [1.82, 2.24) is 4.90 Å². The number of aromatic hydroxyl groups is 1. The zero-order chi connectivity index (χ0) is 25.8. The number of nitrogens with zero attached hydrogens (tertiary/aromatic N) is 1. The first kappa shape index (κ1) is 25.7. The Hall–Kier alpha value is -2.37. The lowest BCUT2D eigenvalue weighted by Crippen LogP contribution is -2.63. The van der Waals surface area contributed by atoms with Crippen molar-refractivity contribution in [2.75, 3.05) is 32.2 Å². The first-order chi connectivity index (χ1) is 16.5. The lowest BCUT2D eigenvalue weighted by atomic mass is 9.56. The Balaban J connectivity index is 1.89. The fourth-order valence-corrected chi connectivity index (χ4v) is 7.05. The highest BCUT2D eigenvalue weighted by atomic mass is 32.2. The number of fused-ring (bicyclic) bond motifs is 3. The van der Waals surface area contributed by atoms with Crippen molar-refractivity contribution in [3.05, 3.63) is 52.0 Å². The Morgan fingerprint density at radius 3 is 2.51 bits per heavy atom. The van der Waals surface area contributed by atoms with Crippen LogP contribution in [0.15, 0.2) is 40.9 Å². The highest BCUT2D eigenvalue weighted by Crippen LogP contribution is 2.55. The topological polar surface area (TPSA) is 159 Å². The largest absolute Gasteiger partial charge is 0.510 e. The van der Waals surface area contributed by atoms with Gasteiger partial charge in [-0.05, 0) is 45.0 Å². The summed E-state index contributed by atoms with van der Waals surface area (Å²) in [7, 11) is 3.40. The molecule has 35 heavy (non-hydrogen) atoms. The average molecular weight is 506 g/mol. The summed E-state index contributed by atoms with van der Waals surface area (Å²) in [4.78, 5) is 28.5. The van der Waals surface area contributed by atoms with Gasteiger partial charge in [0.15, 0.2) is 11.4 Å². The summed E-state index contributed by atoms with van der Waals surface area (Å²) < 4.78 is 0. The van der Waals surface area contributed by atoms with E-state index in [1.54, 1.807) is 31.1 Å². The monoisotopic (exact) mass is 505 g/mol. The van der Waals surface area contributed by atoms with E-state index in [-0.39, 0.29) is 40.4 Å². The molecule has 1 aromatic carbocycles. The second kappa shape index (κ2) is 9.25. The van der Waals surface area contributed by atoms with Gasteiger partial charge in [0, 0.05) is 34.5 Å². The number of rotatable bonds is 6. The summed E-state index contributed by atoms with van der Waals surface area (Å²) in [5, 5.41) is 63.3. The maximum atomic E-state index is 13.6. The molecule has 0 saturated carbocycles. The Morgan fingerprint density at radius 1 is 1.20 bits per heavy atom. The van der Waals surface area contributed by atoms with E-state index in [1.165, 1.54) is 24.8 Å². The van der Waals surface area contributed by atoms with E-state index < -0.39 is 59.4 Å². The predicted molar refractivity (Wildman–Crippen MR) is 130 cm³/mol. The number of hydrogen-bond acceptors (Lipinski definition) is 10. The molecule has 6 N–H and O–H groups in total. The van der Waals surface area contributed by atoms with Gasteiger partial charge in [0.1, 0.15) is 17.3 Å². The fourth-order valence-electron chi connectivity index (χ4n) is 5.87. The second-order valence-electron chi connectivity index (χ2n) is 9.78. The van der Waals surface area contributed by atoms with Crippen LogP contribution < -0.4 is 0 Å². The number of hydrogen-bond donors (Lipinski definition) is 6. The molecule has 1 aromatic rings. The summed E-state index contributed by atoms with van der Waals surface area (Å²) in [6.07, 6.45) is -0.802. The molecule has 0 amide bonds. The number of aliphatic hydroxyl groups excluding tert-OH is 4. The van der Waals surface area contributed by atoms with Crippen LogP contribution in [0.3, 0.4) is 0 Å². The Morgan fingerprint density at radius 2 is 1.89 bits per heavy atom. The van der Waals surface area contributed by atoms with Gasteiger partial charge in [-0.25, -0.2) is 0 Å². The van der Waals surface area contributed by atoms with E-state index in [9.17, 15) is 35.1 Å². The van der Waals surface area contributed by atoms with Gasteiger partial charge in [-0.3, -0.25) is 14.5 Å². The molecule has 4 rings (SSSR count). The first-order valence-corrected chi connectivity index (χ1v) is 12.6. The van der Waals surface area contributed by atoms with Crippen LogP contribution in [0.4, 0.5) is 0 Å². The minimum absolute atomic E-state index is 0.0168. The molecular weight excluding hydrogens is 474 g/mol. The number of allylic oxidation sites excluding steroid dienone is 1. The third-order valence-electron chi connectivity index (χ3n) is 7.57.